The summed E-state index contributed by atoms with van der Waals surface area (Å²) < 4.78 is 1.84. The van der Waals surface area contributed by atoms with Crippen molar-refractivity contribution in [2.45, 2.75) is 13.2 Å². The first-order chi connectivity index (χ1) is 6.86. The largest absolute Gasteiger partial charge is 0.388 e. The summed E-state index contributed by atoms with van der Waals surface area (Å²) in [5.74, 6) is 3.16. The number of benzene rings is 1. The van der Waals surface area contributed by atoms with Crippen LogP contribution >= 0.6 is 0 Å². The smallest absolute Gasteiger partial charge is 0.136 e. The summed E-state index contributed by atoms with van der Waals surface area (Å²) in [6.07, 6.45) is 5.25. The second-order valence-electron chi connectivity index (χ2n) is 2.97. The van der Waals surface area contributed by atoms with Crippen LogP contribution < -0.4 is 0 Å². The van der Waals surface area contributed by atoms with Gasteiger partial charge in [-0.1, -0.05) is 18.1 Å². The molecule has 1 aromatic carbocycles. The molecule has 1 heterocycles. The zero-order chi connectivity index (χ0) is 9.97. The molecule has 2 aromatic rings. The maximum absolute atomic E-state index is 9.09. The van der Waals surface area contributed by atoms with Crippen LogP contribution in [-0.2, 0) is 13.2 Å². The number of fused-ring (bicyclic) bond motifs is 1. The highest BCUT2D eigenvalue weighted by Crippen LogP contribution is 2.15. The molecule has 0 bridgehead atoms. The lowest BCUT2D eigenvalue weighted by Gasteiger charge is -2.01. The van der Waals surface area contributed by atoms with Gasteiger partial charge in [0.2, 0.25) is 0 Å². The van der Waals surface area contributed by atoms with E-state index in [0.717, 1.165) is 11.0 Å². The van der Waals surface area contributed by atoms with Gasteiger partial charge in [0.15, 0.2) is 0 Å². The van der Waals surface area contributed by atoms with E-state index in [2.05, 4.69) is 10.9 Å². The summed E-state index contributed by atoms with van der Waals surface area (Å²) in [5, 5.41) is 9.09. The molecule has 70 valence electrons. The lowest BCUT2D eigenvalue weighted by atomic mass is 10.3. The van der Waals surface area contributed by atoms with Crippen LogP contribution in [0, 0.1) is 12.3 Å². The van der Waals surface area contributed by atoms with Crippen LogP contribution in [-0.4, -0.2) is 14.7 Å². The third kappa shape index (κ3) is 1.26. The number of imidazole rings is 1. The molecule has 0 amide bonds. The van der Waals surface area contributed by atoms with Crippen LogP contribution in [0.15, 0.2) is 24.3 Å². The Balaban J connectivity index is 2.69. The van der Waals surface area contributed by atoms with E-state index in [9.17, 15) is 0 Å². The normalized spacial score (nSPS) is 10.3. The Morgan fingerprint density at radius 1 is 1.43 bits per heavy atom. The Morgan fingerprint density at radius 3 is 2.93 bits per heavy atom. The molecule has 0 fully saturated rings. The lowest BCUT2D eigenvalue weighted by Crippen LogP contribution is -2.01. The number of aromatic nitrogens is 2. The molecule has 0 saturated carbocycles. The fraction of sp³-hybridized carbons (Fsp3) is 0.182. The molecule has 0 aliphatic carbocycles. The summed E-state index contributed by atoms with van der Waals surface area (Å²) in [6, 6.07) is 7.69. The van der Waals surface area contributed by atoms with E-state index in [0.29, 0.717) is 12.4 Å². The van der Waals surface area contributed by atoms with Gasteiger partial charge in [0.1, 0.15) is 12.4 Å². The highest BCUT2D eigenvalue weighted by Gasteiger charge is 2.07. The van der Waals surface area contributed by atoms with E-state index in [1.165, 1.54) is 0 Å². The van der Waals surface area contributed by atoms with Gasteiger partial charge in [0.05, 0.1) is 17.6 Å². The van der Waals surface area contributed by atoms with Crippen molar-refractivity contribution in [2.24, 2.45) is 0 Å². The second-order valence-corrected chi connectivity index (χ2v) is 2.97. The number of para-hydroxylation sites is 2. The van der Waals surface area contributed by atoms with Crippen LogP contribution in [0.4, 0.5) is 0 Å². The molecule has 1 N–H and O–H groups in total. The number of rotatable bonds is 2. The number of hydrogen-bond donors (Lipinski definition) is 1. The van der Waals surface area contributed by atoms with E-state index < -0.39 is 0 Å². The average Bonchev–Trinajstić information content (AvgIpc) is 2.58. The summed E-state index contributed by atoms with van der Waals surface area (Å²) >= 11 is 0. The summed E-state index contributed by atoms with van der Waals surface area (Å²) in [7, 11) is 0. The number of nitrogens with zero attached hydrogens (tertiary/aromatic N) is 2. The number of aliphatic hydroxyl groups is 1. The molecule has 0 aliphatic rings. The van der Waals surface area contributed by atoms with Crippen molar-refractivity contribution in [3.8, 4) is 12.3 Å². The van der Waals surface area contributed by atoms with E-state index in [-0.39, 0.29) is 6.61 Å². The molecule has 0 spiro atoms. The summed E-state index contributed by atoms with van der Waals surface area (Å²) in [5.41, 5.74) is 1.83. The predicted octanol–water partition coefficient (Wildman–Crippen LogP) is 1.16. The molecule has 14 heavy (non-hydrogen) atoms. The van der Waals surface area contributed by atoms with E-state index in [4.69, 9.17) is 11.5 Å². The van der Waals surface area contributed by atoms with Gasteiger partial charge in [-0.3, -0.25) is 0 Å². The standard InChI is InChI=1S/C11H10N2O/c1-2-7-13-10-6-4-3-5-9(10)12-11(13)8-14/h1,3-6,14H,7-8H2. The van der Waals surface area contributed by atoms with Gasteiger partial charge in [-0.25, -0.2) is 4.98 Å². The van der Waals surface area contributed by atoms with Crippen molar-refractivity contribution in [3.63, 3.8) is 0 Å². The highest BCUT2D eigenvalue weighted by molar-refractivity contribution is 5.75. The van der Waals surface area contributed by atoms with Crippen LogP contribution in [0.3, 0.4) is 0 Å². The molecule has 2 rings (SSSR count). The summed E-state index contributed by atoms with van der Waals surface area (Å²) in [4.78, 5) is 4.27. The van der Waals surface area contributed by atoms with E-state index in [1.807, 2.05) is 28.8 Å². The lowest BCUT2D eigenvalue weighted by molar-refractivity contribution is 0.267. The molecule has 1 aromatic heterocycles. The van der Waals surface area contributed by atoms with Gasteiger partial charge < -0.3 is 9.67 Å². The minimum Gasteiger partial charge on any atom is -0.388 e. The molecule has 3 heteroatoms. The van der Waals surface area contributed by atoms with Crippen molar-refractivity contribution in [2.75, 3.05) is 0 Å². The van der Waals surface area contributed by atoms with Crippen LogP contribution in [0.2, 0.25) is 0 Å². The van der Waals surface area contributed by atoms with Crippen molar-refractivity contribution in [3.05, 3.63) is 30.1 Å². The van der Waals surface area contributed by atoms with Gasteiger partial charge in [-0.05, 0) is 12.1 Å². The highest BCUT2D eigenvalue weighted by atomic mass is 16.3. The van der Waals surface area contributed by atoms with E-state index in [1.54, 1.807) is 0 Å². The minimum absolute atomic E-state index is 0.0869. The second kappa shape index (κ2) is 3.52. The first-order valence-corrected chi connectivity index (χ1v) is 4.35. The van der Waals surface area contributed by atoms with Crippen LogP contribution in [0.5, 0.6) is 0 Å². The Kier molecular flexibility index (Phi) is 2.21. The molecule has 0 radical (unpaired) electrons. The topological polar surface area (TPSA) is 38.0 Å². The Morgan fingerprint density at radius 2 is 2.21 bits per heavy atom. The molecular formula is C11H10N2O. The molecule has 0 saturated heterocycles. The van der Waals surface area contributed by atoms with Crippen LogP contribution in [0.1, 0.15) is 5.82 Å². The predicted molar refractivity (Wildman–Crippen MR) is 54.5 cm³/mol. The zero-order valence-corrected chi connectivity index (χ0v) is 7.64. The van der Waals surface area contributed by atoms with Crippen molar-refractivity contribution < 1.29 is 5.11 Å². The molecule has 3 nitrogen and oxygen atoms in total. The Labute approximate surface area is 82.0 Å². The first kappa shape index (κ1) is 8.79. The quantitative estimate of drug-likeness (QED) is 0.715. The molecule has 0 aliphatic heterocycles. The van der Waals surface area contributed by atoms with Crippen molar-refractivity contribution >= 4 is 11.0 Å². The van der Waals surface area contributed by atoms with Gasteiger partial charge >= 0.3 is 0 Å². The average molecular weight is 186 g/mol. The van der Waals surface area contributed by atoms with Crippen molar-refractivity contribution in [1.29, 1.82) is 0 Å². The maximum atomic E-state index is 9.09. The van der Waals surface area contributed by atoms with Gasteiger partial charge in [0.25, 0.3) is 0 Å². The van der Waals surface area contributed by atoms with Crippen molar-refractivity contribution in [1.82, 2.24) is 9.55 Å². The fourth-order valence-corrected chi connectivity index (χ4v) is 1.51. The maximum Gasteiger partial charge on any atom is 0.136 e. The van der Waals surface area contributed by atoms with Gasteiger partial charge in [-0.2, -0.15) is 0 Å². The molecule has 0 atom stereocenters. The number of terminal acetylenes is 1. The molecule has 0 unspecified atom stereocenters. The SMILES string of the molecule is C#CCn1c(CO)nc2ccccc21. The summed E-state index contributed by atoms with van der Waals surface area (Å²) in [6.45, 7) is 0.354. The van der Waals surface area contributed by atoms with Gasteiger partial charge in [0, 0.05) is 0 Å². The third-order valence-corrected chi connectivity index (χ3v) is 2.12. The number of aliphatic hydroxyl groups excluding tert-OH is 1. The fourth-order valence-electron chi connectivity index (χ4n) is 1.51. The van der Waals surface area contributed by atoms with E-state index >= 15 is 0 Å². The third-order valence-electron chi connectivity index (χ3n) is 2.12. The van der Waals surface area contributed by atoms with Gasteiger partial charge in [-0.15, -0.1) is 6.42 Å². The first-order valence-electron chi connectivity index (χ1n) is 4.35. The monoisotopic (exact) mass is 186 g/mol. The molecular weight excluding hydrogens is 176 g/mol. The van der Waals surface area contributed by atoms with Crippen LogP contribution in [0.25, 0.3) is 11.0 Å². The zero-order valence-electron chi connectivity index (χ0n) is 7.64. The Hall–Kier alpha value is -1.79. The minimum atomic E-state index is -0.0869. The Bertz CT molecular complexity index is 493. The number of hydrogen-bond acceptors (Lipinski definition) is 2.